The van der Waals surface area contributed by atoms with Crippen molar-refractivity contribution in [3.05, 3.63) is 36.2 Å². The van der Waals surface area contributed by atoms with Crippen LogP contribution < -0.4 is 5.32 Å². The van der Waals surface area contributed by atoms with Crippen molar-refractivity contribution in [3.63, 3.8) is 0 Å². The quantitative estimate of drug-likeness (QED) is 0.876. The summed E-state index contributed by atoms with van der Waals surface area (Å²) in [5, 5.41) is 11.6. The zero-order valence-corrected chi connectivity index (χ0v) is 12.1. The predicted molar refractivity (Wildman–Crippen MR) is 77.9 cm³/mol. The third-order valence-corrected chi connectivity index (χ3v) is 4.36. The lowest BCUT2D eigenvalue weighted by atomic mass is 9.92. The van der Waals surface area contributed by atoms with Gasteiger partial charge in [-0.3, -0.25) is 0 Å². The highest BCUT2D eigenvalue weighted by Crippen LogP contribution is 2.51. The molecule has 2 aromatic rings. The SMILES string of the molecule is CC(C)C1(CNCc2nnc(-c3ccccc3)o2)CC1. The second-order valence-electron chi connectivity index (χ2n) is 5.99. The van der Waals surface area contributed by atoms with Gasteiger partial charge in [-0.15, -0.1) is 10.2 Å². The van der Waals surface area contributed by atoms with E-state index in [2.05, 4.69) is 29.4 Å². The molecule has 3 rings (SSSR count). The Balaban J connectivity index is 1.56. The van der Waals surface area contributed by atoms with Crippen molar-refractivity contribution in [2.45, 2.75) is 33.2 Å². The van der Waals surface area contributed by atoms with Gasteiger partial charge in [-0.25, -0.2) is 0 Å². The van der Waals surface area contributed by atoms with Gasteiger partial charge in [-0.1, -0.05) is 32.0 Å². The van der Waals surface area contributed by atoms with E-state index >= 15 is 0 Å². The lowest BCUT2D eigenvalue weighted by Gasteiger charge is -2.19. The summed E-state index contributed by atoms with van der Waals surface area (Å²) in [4.78, 5) is 0. The van der Waals surface area contributed by atoms with Crippen LogP contribution in [0.5, 0.6) is 0 Å². The van der Waals surface area contributed by atoms with E-state index in [1.54, 1.807) is 0 Å². The van der Waals surface area contributed by atoms with Crippen LogP contribution in [0.4, 0.5) is 0 Å². The van der Waals surface area contributed by atoms with Crippen molar-refractivity contribution in [2.24, 2.45) is 11.3 Å². The van der Waals surface area contributed by atoms with Crippen molar-refractivity contribution in [1.82, 2.24) is 15.5 Å². The van der Waals surface area contributed by atoms with Crippen LogP contribution in [0.15, 0.2) is 34.7 Å². The summed E-state index contributed by atoms with van der Waals surface area (Å²) < 4.78 is 5.68. The average Bonchev–Trinajstić information content (AvgIpc) is 3.11. The van der Waals surface area contributed by atoms with Crippen molar-refractivity contribution in [1.29, 1.82) is 0 Å². The molecule has 1 N–H and O–H groups in total. The summed E-state index contributed by atoms with van der Waals surface area (Å²) in [6.07, 6.45) is 2.66. The highest BCUT2D eigenvalue weighted by atomic mass is 16.4. The normalized spacial score (nSPS) is 16.6. The highest BCUT2D eigenvalue weighted by Gasteiger charge is 2.44. The largest absolute Gasteiger partial charge is 0.419 e. The van der Waals surface area contributed by atoms with Gasteiger partial charge in [0.1, 0.15) is 0 Å². The molecule has 4 nitrogen and oxygen atoms in total. The first-order chi connectivity index (χ1) is 9.70. The fourth-order valence-electron chi connectivity index (χ4n) is 2.56. The van der Waals surface area contributed by atoms with Gasteiger partial charge in [-0.2, -0.15) is 0 Å². The highest BCUT2D eigenvalue weighted by molar-refractivity contribution is 5.51. The van der Waals surface area contributed by atoms with E-state index < -0.39 is 0 Å². The minimum atomic E-state index is 0.502. The van der Waals surface area contributed by atoms with E-state index in [1.165, 1.54) is 12.8 Å². The minimum Gasteiger partial charge on any atom is -0.419 e. The Morgan fingerprint density at radius 1 is 1.20 bits per heavy atom. The summed E-state index contributed by atoms with van der Waals surface area (Å²) in [5.74, 6) is 1.98. The van der Waals surface area contributed by atoms with E-state index in [0.717, 1.165) is 18.0 Å². The van der Waals surface area contributed by atoms with Crippen molar-refractivity contribution in [2.75, 3.05) is 6.54 Å². The first-order valence-corrected chi connectivity index (χ1v) is 7.28. The molecule has 0 aliphatic heterocycles. The Morgan fingerprint density at radius 3 is 2.60 bits per heavy atom. The molecule has 1 heterocycles. The zero-order valence-electron chi connectivity index (χ0n) is 12.1. The van der Waals surface area contributed by atoms with E-state index in [0.29, 0.717) is 23.7 Å². The maximum absolute atomic E-state index is 5.68. The molecule has 106 valence electrons. The van der Waals surface area contributed by atoms with Gasteiger partial charge in [0, 0.05) is 12.1 Å². The molecule has 1 aliphatic carbocycles. The summed E-state index contributed by atoms with van der Waals surface area (Å²) in [7, 11) is 0. The van der Waals surface area contributed by atoms with Gasteiger partial charge in [0.2, 0.25) is 11.8 Å². The lowest BCUT2D eigenvalue weighted by Crippen LogP contribution is -2.27. The molecule has 0 radical (unpaired) electrons. The van der Waals surface area contributed by atoms with E-state index in [4.69, 9.17) is 4.42 Å². The lowest BCUT2D eigenvalue weighted by molar-refractivity contribution is 0.330. The maximum Gasteiger partial charge on any atom is 0.247 e. The monoisotopic (exact) mass is 271 g/mol. The Labute approximate surface area is 119 Å². The van der Waals surface area contributed by atoms with Crippen LogP contribution in [-0.2, 0) is 6.54 Å². The third kappa shape index (κ3) is 2.75. The number of nitrogens with zero attached hydrogens (tertiary/aromatic N) is 2. The van der Waals surface area contributed by atoms with Crippen molar-refractivity contribution >= 4 is 0 Å². The molecule has 1 aromatic carbocycles. The molecule has 0 amide bonds. The molecule has 0 saturated heterocycles. The average molecular weight is 271 g/mol. The maximum atomic E-state index is 5.68. The molecule has 0 atom stereocenters. The van der Waals surface area contributed by atoms with Gasteiger partial charge < -0.3 is 9.73 Å². The van der Waals surface area contributed by atoms with Gasteiger partial charge in [0.25, 0.3) is 0 Å². The number of aromatic nitrogens is 2. The number of rotatable bonds is 6. The first-order valence-electron chi connectivity index (χ1n) is 7.28. The first kappa shape index (κ1) is 13.3. The molecule has 20 heavy (non-hydrogen) atoms. The van der Waals surface area contributed by atoms with Gasteiger partial charge >= 0.3 is 0 Å². The number of nitrogens with one attached hydrogen (secondary N) is 1. The van der Waals surface area contributed by atoms with Gasteiger partial charge in [-0.05, 0) is 36.3 Å². The fourth-order valence-corrected chi connectivity index (χ4v) is 2.56. The molecule has 0 spiro atoms. The third-order valence-electron chi connectivity index (χ3n) is 4.36. The van der Waals surface area contributed by atoms with Crippen LogP contribution in [0.2, 0.25) is 0 Å². The van der Waals surface area contributed by atoms with E-state index in [-0.39, 0.29) is 0 Å². The summed E-state index contributed by atoms with van der Waals surface area (Å²) in [5.41, 5.74) is 1.47. The van der Waals surface area contributed by atoms with Gasteiger partial charge in [0.15, 0.2) is 0 Å². The summed E-state index contributed by atoms with van der Waals surface area (Å²) in [6.45, 7) is 6.28. The molecule has 1 aliphatic rings. The molecule has 1 saturated carbocycles. The second kappa shape index (κ2) is 5.37. The predicted octanol–water partition coefficient (Wildman–Crippen LogP) is 3.26. The van der Waals surface area contributed by atoms with Crippen LogP contribution in [0, 0.1) is 11.3 Å². The van der Waals surface area contributed by atoms with E-state index in [1.807, 2.05) is 30.3 Å². The smallest absolute Gasteiger partial charge is 0.247 e. The molecule has 0 unspecified atom stereocenters. The Morgan fingerprint density at radius 2 is 1.95 bits per heavy atom. The molecular formula is C16H21N3O. The standard InChI is InChI=1S/C16H21N3O/c1-12(2)16(8-9-16)11-17-10-14-18-19-15(20-14)13-6-4-3-5-7-13/h3-7,12,17H,8-11H2,1-2H3. The summed E-state index contributed by atoms with van der Waals surface area (Å²) >= 11 is 0. The molecule has 1 fully saturated rings. The fraction of sp³-hybridized carbons (Fsp3) is 0.500. The van der Waals surface area contributed by atoms with Crippen LogP contribution in [-0.4, -0.2) is 16.7 Å². The van der Waals surface area contributed by atoms with Crippen LogP contribution >= 0.6 is 0 Å². The minimum absolute atomic E-state index is 0.502. The molecule has 0 bridgehead atoms. The zero-order chi connectivity index (χ0) is 14.0. The van der Waals surface area contributed by atoms with E-state index in [9.17, 15) is 0 Å². The number of benzene rings is 1. The topological polar surface area (TPSA) is 51.0 Å². The van der Waals surface area contributed by atoms with Crippen LogP contribution in [0.3, 0.4) is 0 Å². The van der Waals surface area contributed by atoms with Gasteiger partial charge in [0.05, 0.1) is 6.54 Å². The summed E-state index contributed by atoms with van der Waals surface area (Å²) in [6, 6.07) is 9.86. The second-order valence-corrected chi connectivity index (χ2v) is 5.99. The number of hydrogen-bond donors (Lipinski definition) is 1. The molecular weight excluding hydrogens is 250 g/mol. The van der Waals surface area contributed by atoms with Crippen molar-refractivity contribution in [3.8, 4) is 11.5 Å². The van der Waals surface area contributed by atoms with Crippen LogP contribution in [0.1, 0.15) is 32.6 Å². The molecule has 1 aromatic heterocycles. The Bertz CT molecular complexity index is 558. The van der Waals surface area contributed by atoms with Crippen molar-refractivity contribution < 1.29 is 4.42 Å². The Hall–Kier alpha value is -1.68. The molecule has 4 heteroatoms. The Kier molecular flexibility index (Phi) is 3.57. The number of hydrogen-bond acceptors (Lipinski definition) is 4. The van der Waals surface area contributed by atoms with Crippen LogP contribution in [0.25, 0.3) is 11.5 Å².